The molecule has 0 aromatic heterocycles. The molecule has 23 heavy (non-hydrogen) atoms. The van der Waals surface area contributed by atoms with Gasteiger partial charge in [0.1, 0.15) is 5.75 Å². The molecule has 4 nitrogen and oxygen atoms in total. The van der Waals surface area contributed by atoms with Crippen LogP contribution < -0.4 is 9.46 Å². The molecule has 1 aromatic rings. The Kier molecular flexibility index (Phi) is 5.43. The number of sulfonamides is 1. The smallest absolute Gasteiger partial charge is 0.406 e. The highest BCUT2D eigenvalue weighted by Gasteiger charge is 2.32. The van der Waals surface area contributed by atoms with Crippen LogP contribution in [0.25, 0.3) is 0 Å². The normalized spacial score (nSPS) is 13.9. The zero-order valence-corrected chi connectivity index (χ0v) is 14.6. The Hall–Kier alpha value is -1.28. The largest absolute Gasteiger partial charge is 0.573 e. The van der Waals surface area contributed by atoms with Crippen molar-refractivity contribution < 1.29 is 26.3 Å². The molecule has 0 aliphatic heterocycles. The van der Waals surface area contributed by atoms with Crippen LogP contribution in [0.4, 0.5) is 13.2 Å². The summed E-state index contributed by atoms with van der Waals surface area (Å²) in [5, 5.41) is 0. The summed E-state index contributed by atoms with van der Waals surface area (Å²) in [5.74, 6) is -0.467. The standard InChI is InChI=1S/C15H22F3NO3S/c1-13(2,3)10-14(4,5)19-23(20,21)12-8-6-11(7-9-12)22-15(16,17)18/h6-9,19H,10H2,1-5H3. The zero-order chi connectivity index (χ0) is 18.1. The molecule has 0 aliphatic carbocycles. The number of nitrogens with one attached hydrogen (secondary N) is 1. The van der Waals surface area contributed by atoms with Gasteiger partial charge in [-0.2, -0.15) is 0 Å². The third kappa shape index (κ3) is 7.22. The van der Waals surface area contributed by atoms with E-state index in [1.54, 1.807) is 13.8 Å². The average Bonchev–Trinajstić information content (AvgIpc) is 2.21. The van der Waals surface area contributed by atoms with E-state index in [9.17, 15) is 21.6 Å². The van der Waals surface area contributed by atoms with Crippen molar-refractivity contribution in [2.45, 2.75) is 57.8 Å². The first-order chi connectivity index (χ1) is 10.1. The Morgan fingerprint density at radius 3 is 1.87 bits per heavy atom. The molecule has 0 aliphatic rings. The van der Waals surface area contributed by atoms with Gasteiger partial charge in [-0.1, -0.05) is 20.8 Å². The summed E-state index contributed by atoms with van der Waals surface area (Å²) in [6.45, 7) is 9.50. The van der Waals surface area contributed by atoms with Crippen LogP contribution in [0.1, 0.15) is 41.0 Å². The van der Waals surface area contributed by atoms with Crippen molar-refractivity contribution in [3.05, 3.63) is 24.3 Å². The molecule has 8 heteroatoms. The van der Waals surface area contributed by atoms with Gasteiger partial charge in [-0.25, -0.2) is 13.1 Å². The van der Waals surface area contributed by atoms with Gasteiger partial charge in [0, 0.05) is 5.54 Å². The molecule has 0 atom stereocenters. The fraction of sp³-hybridized carbons (Fsp3) is 0.600. The van der Waals surface area contributed by atoms with Gasteiger partial charge >= 0.3 is 6.36 Å². The molecule has 0 bridgehead atoms. The van der Waals surface area contributed by atoms with E-state index in [0.717, 1.165) is 24.3 Å². The second kappa shape index (κ2) is 6.32. The highest BCUT2D eigenvalue weighted by molar-refractivity contribution is 7.89. The predicted octanol–water partition coefficient (Wildman–Crippen LogP) is 4.08. The third-order valence-electron chi connectivity index (χ3n) is 2.75. The van der Waals surface area contributed by atoms with Crippen molar-refractivity contribution in [2.75, 3.05) is 0 Å². The first-order valence-electron chi connectivity index (χ1n) is 7.00. The van der Waals surface area contributed by atoms with Crippen molar-refractivity contribution in [3.8, 4) is 5.75 Å². The van der Waals surface area contributed by atoms with Crippen LogP contribution >= 0.6 is 0 Å². The molecule has 132 valence electrons. The quantitative estimate of drug-likeness (QED) is 0.868. The Balaban J connectivity index is 2.92. The Morgan fingerprint density at radius 2 is 1.48 bits per heavy atom. The Bertz CT molecular complexity index is 629. The minimum Gasteiger partial charge on any atom is -0.406 e. The fourth-order valence-corrected chi connectivity index (χ4v) is 4.02. The SMILES string of the molecule is CC(C)(C)CC(C)(C)NS(=O)(=O)c1ccc(OC(F)(F)F)cc1. The average molecular weight is 353 g/mol. The molecule has 0 radical (unpaired) electrons. The van der Waals surface area contributed by atoms with Crippen LogP contribution in [-0.4, -0.2) is 20.3 Å². The molecule has 0 heterocycles. The summed E-state index contributed by atoms with van der Waals surface area (Å²) in [5.41, 5.74) is -0.783. The van der Waals surface area contributed by atoms with Crippen LogP contribution in [0.5, 0.6) is 5.75 Å². The van der Waals surface area contributed by atoms with Crippen molar-refractivity contribution in [1.82, 2.24) is 4.72 Å². The van der Waals surface area contributed by atoms with Crippen molar-refractivity contribution in [1.29, 1.82) is 0 Å². The number of halogens is 3. The first kappa shape index (κ1) is 19.8. The van der Waals surface area contributed by atoms with Crippen LogP contribution in [-0.2, 0) is 10.0 Å². The van der Waals surface area contributed by atoms with E-state index in [4.69, 9.17) is 0 Å². The number of hydrogen-bond donors (Lipinski definition) is 1. The second-order valence-electron chi connectivity index (χ2n) is 7.25. The van der Waals surface area contributed by atoms with E-state index >= 15 is 0 Å². The van der Waals surface area contributed by atoms with Crippen LogP contribution in [0.2, 0.25) is 0 Å². The molecule has 0 saturated carbocycles. The third-order valence-corrected chi connectivity index (χ3v) is 4.46. The molecule has 1 aromatic carbocycles. The number of alkyl halides is 3. The molecule has 0 saturated heterocycles. The lowest BCUT2D eigenvalue weighted by molar-refractivity contribution is -0.274. The molecular weight excluding hydrogens is 331 g/mol. The maximum atomic E-state index is 12.4. The molecule has 1 N–H and O–H groups in total. The highest BCUT2D eigenvalue weighted by atomic mass is 32.2. The maximum Gasteiger partial charge on any atom is 0.573 e. The summed E-state index contributed by atoms with van der Waals surface area (Å²) in [7, 11) is -3.84. The van der Waals surface area contributed by atoms with Gasteiger partial charge in [0.25, 0.3) is 0 Å². The molecular formula is C15H22F3NO3S. The van der Waals surface area contributed by atoms with E-state index in [0.29, 0.717) is 6.42 Å². The van der Waals surface area contributed by atoms with E-state index in [1.165, 1.54) is 0 Å². The second-order valence-corrected chi connectivity index (χ2v) is 8.93. The van der Waals surface area contributed by atoms with E-state index < -0.39 is 27.7 Å². The fourth-order valence-electron chi connectivity index (χ4n) is 2.61. The predicted molar refractivity (Wildman–Crippen MR) is 81.6 cm³/mol. The summed E-state index contributed by atoms with van der Waals surface area (Å²) < 4.78 is 67.3. The molecule has 1 rings (SSSR count). The van der Waals surface area contributed by atoms with Crippen LogP contribution in [0, 0.1) is 5.41 Å². The van der Waals surface area contributed by atoms with E-state index in [2.05, 4.69) is 9.46 Å². The van der Waals surface area contributed by atoms with Gasteiger partial charge in [0.05, 0.1) is 4.90 Å². The van der Waals surface area contributed by atoms with Gasteiger partial charge < -0.3 is 4.74 Å². The monoisotopic (exact) mass is 353 g/mol. The van der Waals surface area contributed by atoms with Gasteiger partial charge in [0.15, 0.2) is 0 Å². The Labute approximate surface area is 135 Å². The molecule has 0 unspecified atom stereocenters. The first-order valence-corrected chi connectivity index (χ1v) is 8.48. The van der Waals surface area contributed by atoms with Crippen molar-refractivity contribution in [3.63, 3.8) is 0 Å². The Morgan fingerprint density at radius 1 is 1.00 bits per heavy atom. The number of ether oxygens (including phenoxy) is 1. The van der Waals surface area contributed by atoms with E-state index in [1.807, 2.05) is 20.8 Å². The van der Waals surface area contributed by atoms with Gasteiger partial charge in [0.2, 0.25) is 10.0 Å². The summed E-state index contributed by atoms with van der Waals surface area (Å²) >= 11 is 0. The highest BCUT2D eigenvalue weighted by Crippen LogP contribution is 2.29. The summed E-state index contributed by atoms with van der Waals surface area (Å²) in [4.78, 5) is -0.117. The van der Waals surface area contributed by atoms with Crippen LogP contribution in [0.15, 0.2) is 29.2 Å². The molecule has 0 fully saturated rings. The minimum atomic E-state index is -4.81. The van der Waals surface area contributed by atoms with Gasteiger partial charge in [-0.15, -0.1) is 13.2 Å². The lowest BCUT2D eigenvalue weighted by atomic mass is 9.82. The molecule has 0 spiro atoms. The zero-order valence-electron chi connectivity index (χ0n) is 13.8. The lowest BCUT2D eigenvalue weighted by Gasteiger charge is -2.33. The summed E-state index contributed by atoms with van der Waals surface area (Å²) in [6, 6.07) is 4.10. The van der Waals surface area contributed by atoms with Crippen molar-refractivity contribution in [2.24, 2.45) is 5.41 Å². The number of rotatable bonds is 5. The summed E-state index contributed by atoms with van der Waals surface area (Å²) in [6.07, 6.45) is -4.22. The lowest BCUT2D eigenvalue weighted by Crippen LogP contribution is -2.45. The molecule has 0 amide bonds. The van der Waals surface area contributed by atoms with Crippen molar-refractivity contribution >= 4 is 10.0 Å². The van der Waals surface area contributed by atoms with Gasteiger partial charge in [-0.3, -0.25) is 0 Å². The minimum absolute atomic E-state index is 0.0869. The topological polar surface area (TPSA) is 55.4 Å². The number of hydrogen-bond acceptors (Lipinski definition) is 3. The maximum absolute atomic E-state index is 12.4. The van der Waals surface area contributed by atoms with E-state index in [-0.39, 0.29) is 10.3 Å². The van der Waals surface area contributed by atoms with Crippen LogP contribution in [0.3, 0.4) is 0 Å². The van der Waals surface area contributed by atoms with Gasteiger partial charge in [-0.05, 0) is 49.9 Å². The number of benzene rings is 1.